The van der Waals surface area contributed by atoms with Gasteiger partial charge in [0.1, 0.15) is 0 Å². The van der Waals surface area contributed by atoms with Crippen LogP contribution in [0.15, 0.2) is 58.0 Å². The van der Waals surface area contributed by atoms with Gasteiger partial charge in [0.2, 0.25) is 0 Å². The highest BCUT2D eigenvalue weighted by molar-refractivity contribution is 9.10. The molecule has 2 aromatic heterocycles. The zero-order valence-electron chi connectivity index (χ0n) is 13.0. The summed E-state index contributed by atoms with van der Waals surface area (Å²) < 4.78 is 38.8. The average Bonchev–Trinajstić information content (AvgIpc) is 2.95. The fourth-order valence-corrected chi connectivity index (χ4v) is 4.37. The van der Waals surface area contributed by atoms with E-state index in [9.17, 15) is 8.42 Å². The van der Waals surface area contributed by atoms with Crippen LogP contribution in [-0.4, -0.2) is 31.6 Å². The number of rotatable bonds is 5. The predicted octanol–water partition coefficient (Wildman–Crippen LogP) is 3.33. The smallest absolute Gasteiger partial charge is 0.269 e. The van der Waals surface area contributed by atoms with Crippen LogP contribution in [0.1, 0.15) is 12.0 Å². The summed E-state index contributed by atoms with van der Waals surface area (Å²) in [6.07, 6.45) is 0.717. The van der Waals surface area contributed by atoms with Crippen molar-refractivity contribution in [2.75, 3.05) is 14.2 Å². The van der Waals surface area contributed by atoms with Crippen molar-refractivity contribution >= 4 is 37.0 Å². The maximum absolute atomic E-state index is 13.2. The molecule has 0 radical (unpaired) electrons. The third-order valence-electron chi connectivity index (χ3n) is 3.54. The number of methoxy groups -OCH3 is 2. The molecule has 0 saturated heterocycles. The average molecular weight is 411 g/mol. The summed E-state index contributed by atoms with van der Waals surface area (Å²) in [6.45, 7) is 0. The largest absolute Gasteiger partial charge is 0.350 e. The Morgan fingerprint density at radius 2 is 1.79 bits per heavy atom. The molecular weight excluding hydrogens is 396 g/mol. The molecule has 0 N–H and O–H groups in total. The third kappa shape index (κ3) is 2.86. The Balaban J connectivity index is 2.35. The fourth-order valence-electron chi connectivity index (χ4n) is 2.52. The Bertz CT molecular complexity index is 966. The second kappa shape index (κ2) is 6.64. The lowest BCUT2D eigenvalue weighted by Crippen LogP contribution is -2.19. The number of aromatic nitrogens is 2. The Morgan fingerprint density at radius 3 is 2.42 bits per heavy atom. The molecule has 1 aromatic carbocycles. The molecule has 0 saturated carbocycles. The summed E-state index contributed by atoms with van der Waals surface area (Å²) >= 11 is 3.35. The van der Waals surface area contributed by atoms with Gasteiger partial charge in [0.15, 0.2) is 11.9 Å². The number of nitrogens with zero attached hydrogens (tertiary/aromatic N) is 2. The minimum Gasteiger partial charge on any atom is -0.350 e. The number of hydrogen-bond acceptors (Lipinski definition) is 5. The summed E-state index contributed by atoms with van der Waals surface area (Å²) in [7, 11) is -0.946. The van der Waals surface area contributed by atoms with Crippen LogP contribution >= 0.6 is 15.9 Å². The van der Waals surface area contributed by atoms with Crippen LogP contribution < -0.4 is 0 Å². The predicted molar refractivity (Wildman–Crippen MR) is 93.2 cm³/mol. The molecule has 0 unspecified atom stereocenters. The van der Waals surface area contributed by atoms with E-state index in [4.69, 9.17) is 9.47 Å². The molecule has 0 aliphatic heterocycles. The molecule has 0 atom stereocenters. The van der Waals surface area contributed by atoms with E-state index in [0.29, 0.717) is 16.7 Å². The van der Waals surface area contributed by atoms with E-state index >= 15 is 0 Å². The minimum atomic E-state index is -3.85. The maximum atomic E-state index is 13.2. The van der Waals surface area contributed by atoms with Gasteiger partial charge in [0.05, 0.1) is 10.6 Å². The van der Waals surface area contributed by atoms with Gasteiger partial charge in [-0.1, -0.05) is 18.2 Å². The summed E-state index contributed by atoms with van der Waals surface area (Å²) in [5.41, 5.74) is 0.667. The van der Waals surface area contributed by atoms with Gasteiger partial charge in [-0.2, -0.15) is 0 Å². The van der Waals surface area contributed by atoms with Gasteiger partial charge in [0.25, 0.3) is 10.0 Å². The van der Waals surface area contributed by atoms with Crippen LogP contribution in [0.4, 0.5) is 0 Å². The van der Waals surface area contributed by atoms with Crippen molar-refractivity contribution in [3.63, 3.8) is 0 Å². The van der Waals surface area contributed by atoms with Gasteiger partial charge in [-0.3, -0.25) is 0 Å². The molecule has 0 aliphatic rings. The van der Waals surface area contributed by atoms with E-state index in [1.54, 1.807) is 48.7 Å². The number of hydrogen-bond donors (Lipinski definition) is 0. The number of fused-ring (bicyclic) bond motifs is 1. The van der Waals surface area contributed by atoms with Crippen molar-refractivity contribution in [3.8, 4) is 0 Å². The Morgan fingerprint density at radius 1 is 1.12 bits per heavy atom. The highest BCUT2D eigenvalue weighted by Gasteiger charge is 2.28. The standard InChI is InChI=1S/C16H15BrN2O4S/c1-22-16(23-2)14-9-11-8-12(17)10-18-15(11)19(14)24(20,21)13-6-4-3-5-7-13/h3-10,16H,1-2H3. The van der Waals surface area contributed by atoms with Crippen LogP contribution in [0.25, 0.3) is 11.0 Å². The lowest BCUT2D eigenvalue weighted by Gasteiger charge is -2.17. The minimum absolute atomic E-state index is 0.166. The first-order chi connectivity index (χ1) is 11.5. The Kier molecular flexibility index (Phi) is 4.73. The second-order valence-corrected chi connectivity index (χ2v) is 7.72. The van der Waals surface area contributed by atoms with Crippen molar-refractivity contribution in [1.29, 1.82) is 0 Å². The zero-order valence-corrected chi connectivity index (χ0v) is 15.4. The Labute approximate surface area is 148 Å². The van der Waals surface area contributed by atoms with Crippen molar-refractivity contribution < 1.29 is 17.9 Å². The van der Waals surface area contributed by atoms with Crippen molar-refractivity contribution in [2.45, 2.75) is 11.2 Å². The first-order valence-corrected chi connectivity index (χ1v) is 9.25. The van der Waals surface area contributed by atoms with Gasteiger partial charge in [-0.05, 0) is 40.2 Å². The monoisotopic (exact) mass is 410 g/mol. The van der Waals surface area contributed by atoms with E-state index in [2.05, 4.69) is 20.9 Å². The summed E-state index contributed by atoms with van der Waals surface area (Å²) in [6, 6.07) is 11.7. The summed E-state index contributed by atoms with van der Waals surface area (Å²) in [5, 5.41) is 0.665. The van der Waals surface area contributed by atoms with Crippen molar-refractivity contribution in [3.05, 3.63) is 58.8 Å². The lowest BCUT2D eigenvalue weighted by molar-refractivity contribution is -0.108. The number of benzene rings is 1. The number of pyridine rings is 1. The van der Waals surface area contributed by atoms with E-state index in [0.717, 1.165) is 4.47 Å². The number of halogens is 1. The van der Waals surface area contributed by atoms with Crippen LogP contribution in [-0.2, 0) is 19.5 Å². The molecule has 24 heavy (non-hydrogen) atoms. The molecule has 126 valence electrons. The van der Waals surface area contributed by atoms with Gasteiger partial charge in [-0.15, -0.1) is 0 Å². The molecule has 3 rings (SSSR count). The molecular formula is C16H15BrN2O4S. The normalized spacial score (nSPS) is 12.2. The van der Waals surface area contributed by atoms with E-state index < -0.39 is 16.3 Å². The molecule has 0 fully saturated rings. The van der Waals surface area contributed by atoms with Gasteiger partial charge in [-0.25, -0.2) is 17.4 Å². The quantitative estimate of drug-likeness (QED) is 0.603. The van der Waals surface area contributed by atoms with Crippen LogP contribution in [0, 0.1) is 0 Å². The van der Waals surface area contributed by atoms with Crippen LogP contribution in [0.3, 0.4) is 0 Å². The van der Waals surface area contributed by atoms with Crippen LogP contribution in [0.5, 0.6) is 0 Å². The Hall–Kier alpha value is -1.74. The summed E-state index contributed by atoms with van der Waals surface area (Å²) in [4.78, 5) is 4.44. The molecule has 0 aliphatic carbocycles. The molecule has 2 heterocycles. The van der Waals surface area contributed by atoms with Gasteiger partial charge >= 0.3 is 0 Å². The molecule has 8 heteroatoms. The molecule has 0 amide bonds. The van der Waals surface area contributed by atoms with E-state index in [1.165, 1.54) is 18.2 Å². The van der Waals surface area contributed by atoms with Crippen molar-refractivity contribution in [2.24, 2.45) is 0 Å². The first-order valence-electron chi connectivity index (χ1n) is 7.02. The highest BCUT2D eigenvalue weighted by atomic mass is 79.9. The second-order valence-electron chi connectivity index (χ2n) is 5.02. The zero-order chi connectivity index (χ0) is 17.3. The fraction of sp³-hybridized carbons (Fsp3) is 0.188. The highest BCUT2D eigenvalue weighted by Crippen LogP contribution is 2.31. The van der Waals surface area contributed by atoms with Gasteiger partial charge < -0.3 is 9.47 Å². The summed E-state index contributed by atoms with van der Waals surface area (Å²) in [5.74, 6) is 0. The van der Waals surface area contributed by atoms with Crippen LogP contribution in [0.2, 0.25) is 0 Å². The molecule has 0 bridgehead atoms. The molecule has 6 nitrogen and oxygen atoms in total. The van der Waals surface area contributed by atoms with Crippen molar-refractivity contribution in [1.82, 2.24) is 8.96 Å². The lowest BCUT2D eigenvalue weighted by atomic mass is 10.3. The topological polar surface area (TPSA) is 70.4 Å². The first kappa shape index (κ1) is 17.1. The van der Waals surface area contributed by atoms with Gasteiger partial charge in [0, 0.05) is 30.3 Å². The van der Waals surface area contributed by atoms with E-state index in [1.807, 2.05) is 0 Å². The molecule has 0 spiro atoms. The molecule has 3 aromatic rings. The number of ether oxygens (including phenoxy) is 2. The SMILES string of the molecule is COC(OC)c1cc2cc(Br)cnc2n1S(=O)(=O)c1ccccc1. The van der Waals surface area contributed by atoms with E-state index in [-0.39, 0.29) is 4.90 Å². The maximum Gasteiger partial charge on any atom is 0.269 e. The third-order valence-corrected chi connectivity index (χ3v) is 5.71.